The Morgan fingerprint density at radius 2 is 1.65 bits per heavy atom. The first-order valence-corrected chi connectivity index (χ1v) is 11.1. The fraction of sp³-hybridized carbons (Fsp3) is 0.261. The van der Waals surface area contributed by atoms with Gasteiger partial charge in [0.1, 0.15) is 0 Å². The number of carboxylic acid groups (broad SMARTS) is 1. The van der Waals surface area contributed by atoms with Crippen molar-refractivity contribution in [1.82, 2.24) is 4.57 Å². The topological polar surface area (TPSA) is 96.6 Å². The predicted octanol–water partition coefficient (Wildman–Crippen LogP) is 4.55. The summed E-state index contributed by atoms with van der Waals surface area (Å²) in [4.78, 5) is 36.7. The third kappa shape index (κ3) is 4.29. The molecule has 2 aromatic carbocycles. The number of Topliss-reactive ketones (excluding diaryl/α,β-unsaturated/α-hetero) is 1. The second-order valence-electron chi connectivity index (χ2n) is 7.73. The molecule has 1 aliphatic carbocycles. The number of thiazole rings is 1. The third-order valence-corrected chi connectivity index (χ3v) is 6.94. The van der Waals surface area contributed by atoms with E-state index >= 15 is 0 Å². The molecule has 1 heterocycles. The van der Waals surface area contributed by atoms with Crippen molar-refractivity contribution in [3.8, 4) is 17.0 Å². The second kappa shape index (κ2) is 8.69. The van der Waals surface area contributed by atoms with Crippen LogP contribution in [0.4, 0.5) is 0 Å². The zero-order valence-corrected chi connectivity index (χ0v) is 18.0. The van der Waals surface area contributed by atoms with Gasteiger partial charge in [0.25, 0.3) is 0 Å². The lowest BCUT2D eigenvalue weighted by Gasteiger charge is -2.21. The highest BCUT2D eigenvalue weighted by atomic mass is 35.5. The van der Waals surface area contributed by atoms with Crippen molar-refractivity contribution in [3.63, 3.8) is 0 Å². The van der Waals surface area contributed by atoms with E-state index in [4.69, 9.17) is 11.6 Å². The van der Waals surface area contributed by atoms with E-state index in [1.807, 2.05) is 24.3 Å². The van der Waals surface area contributed by atoms with Gasteiger partial charge in [-0.2, -0.15) is 0 Å². The highest BCUT2D eigenvalue weighted by Gasteiger charge is 2.45. The van der Waals surface area contributed by atoms with Gasteiger partial charge in [-0.15, -0.1) is 0 Å². The van der Waals surface area contributed by atoms with Crippen molar-refractivity contribution in [2.24, 2.45) is 17.8 Å². The summed E-state index contributed by atoms with van der Waals surface area (Å²) in [6, 6.07) is 14.5. The quantitative estimate of drug-likeness (QED) is 0.529. The molecule has 3 atom stereocenters. The number of benzene rings is 2. The first-order chi connectivity index (χ1) is 14.8. The summed E-state index contributed by atoms with van der Waals surface area (Å²) < 4.78 is 1.18. The van der Waals surface area contributed by atoms with Crippen LogP contribution in [0.1, 0.15) is 23.2 Å². The Kier molecular flexibility index (Phi) is 5.98. The molecule has 1 saturated carbocycles. The molecule has 0 amide bonds. The molecule has 160 valence electrons. The number of hydrogen-bond acceptors (Lipinski definition) is 5. The van der Waals surface area contributed by atoms with Gasteiger partial charge in [-0.25, -0.2) is 0 Å². The summed E-state index contributed by atoms with van der Waals surface area (Å²) >= 11 is 6.79. The molecule has 1 fully saturated rings. The largest absolute Gasteiger partial charge is 0.494 e. The van der Waals surface area contributed by atoms with Gasteiger partial charge in [0, 0.05) is 23.0 Å². The van der Waals surface area contributed by atoms with Crippen LogP contribution in [0.3, 0.4) is 0 Å². The molecular formula is C23H20ClNO5S. The van der Waals surface area contributed by atoms with E-state index < -0.39 is 23.7 Å². The van der Waals surface area contributed by atoms with Crippen LogP contribution in [0.2, 0.25) is 5.02 Å². The lowest BCUT2D eigenvalue weighted by Crippen LogP contribution is -2.32. The Bertz CT molecular complexity index is 1170. The van der Waals surface area contributed by atoms with Crippen molar-refractivity contribution >= 4 is 34.7 Å². The summed E-state index contributed by atoms with van der Waals surface area (Å²) in [6.07, 6.45) is 0.928. The van der Waals surface area contributed by atoms with Crippen molar-refractivity contribution in [1.29, 1.82) is 0 Å². The Labute approximate surface area is 187 Å². The predicted molar refractivity (Wildman–Crippen MR) is 119 cm³/mol. The molecule has 6 nitrogen and oxygen atoms in total. The molecule has 2 N–H and O–H groups in total. The van der Waals surface area contributed by atoms with Crippen LogP contribution in [-0.2, 0) is 11.3 Å². The fourth-order valence-electron chi connectivity index (χ4n) is 4.36. The van der Waals surface area contributed by atoms with Gasteiger partial charge in [-0.3, -0.25) is 19.0 Å². The number of carbonyl (C=O) groups is 2. The van der Waals surface area contributed by atoms with E-state index in [1.165, 1.54) is 9.95 Å². The Morgan fingerprint density at radius 3 is 2.19 bits per heavy atom. The smallest absolute Gasteiger partial charge is 0.309 e. The van der Waals surface area contributed by atoms with Crippen molar-refractivity contribution in [2.75, 3.05) is 0 Å². The minimum atomic E-state index is -1.05. The number of nitrogens with zero attached hydrogens (tertiary/aromatic N) is 1. The zero-order valence-electron chi connectivity index (χ0n) is 16.4. The van der Waals surface area contributed by atoms with Crippen LogP contribution in [-0.4, -0.2) is 26.5 Å². The maximum Gasteiger partial charge on any atom is 0.309 e. The number of halogens is 1. The Morgan fingerprint density at radius 1 is 1.03 bits per heavy atom. The van der Waals surface area contributed by atoms with Crippen LogP contribution in [0.5, 0.6) is 5.88 Å². The minimum Gasteiger partial charge on any atom is -0.494 e. The number of carbonyl (C=O) groups excluding carboxylic acids is 1. The Hall–Kier alpha value is -2.90. The van der Waals surface area contributed by atoms with Gasteiger partial charge in [-0.1, -0.05) is 59.3 Å². The first kappa shape index (κ1) is 21.3. The number of aromatic hydroxyl groups is 1. The molecule has 0 aliphatic heterocycles. The molecular weight excluding hydrogens is 438 g/mol. The van der Waals surface area contributed by atoms with Gasteiger partial charge in [0.2, 0.25) is 5.88 Å². The SMILES string of the molecule is O=C(O)[C@H]1[C@H](Cn2c(O)csc2=O)CC[C@@H]1C(=O)c1ccc(-c2ccc(Cl)cc2)cc1. The van der Waals surface area contributed by atoms with Gasteiger partial charge in [0.15, 0.2) is 5.78 Å². The third-order valence-electron chi connectivity index (χ3n) is 5.94. The number of aromatic nitrogens is 1. The standard InChI is InChI=1S/C23H20ClNO5S/c24-17-8-5-14(6-9-17)13-1-3-15(4-2-13)21(27)18-10-7-16(20(18)22(28)29)11-25-19(26)12-31-23(25)30/h1-6,8-9,12,16,18,20,26H,7,10-11H2,(H,28,29)/t16-,18-,20-/m0/s1. The minimum absolute atomic E-state index is 0.0877. The van der Waals surface area contributed by atoms with Crippen LogP contribution in [0, 0.1) is 17.8 Å². The van der Waals surface area contributed by atoms with E-state index in [0.29, 0.717) is 23.4 Å². The number of carboxylic acids is 1. The van der Waals surface area contributed by atoms with Crippen molar-refractivity contribution in [2.45, 2.75) is 19.4 Å². The number of hydrogen-bond donors (Lipinski definition) is 2. The van der Waals surface area contributed by atoms with Gasteiger partial charge < -0.3 is 10.2 Å². The lowest BCUT2D eigenvalue weighted by molar-refractivity contribution is -0.144. The van der Waals surface area contributed by atoms with Crippen molar-refractivity contribution in [3.05, 3.63) is 74.2 Å². The fourth-order valence-corrected chi connectivity index (χ4v) is 5.12. The average molecular weight is 458 g/mol. The summed E-state index contributed by atoms with van der Waals surface area (Å²) in [5, 5.41) is 21.7. The molecule has 3 aromatic rings. The first-order valence-electron chi connectivity index (χ1n) is 9.85. The van der Waals surface area contributed by atoms with E-state index in [1.54, 1.807) is 24.3 Å². The zero-order chi connectivity index (χ0) is 22.1. The molecule has 31 heavy (non-hydrogen) atoms. The molecule has 8 heteroatoms. The van der Waals surface area contributed by atoms with Crippen LogP contribution in [0.15, 0.2) is 58.7 Å². The normalized spacial score (nSPS) is 20.6. The summed E-state index contributed by atoms with van der Waals surface area (Å²) in [6.45, 7) is 0.0877. The van der Waals surface area contributed by atoms with Gasteiger partial charge in [-0.05, 0) is 42.0 Å². The monoisotopic (exact) mass is 457 g/mol. The number of rotatable bonds is 6. The summed E-state index contributed by atoms with van der Waals surface area (Å²) in [7, 11) is 0. The molecule has 0 radical (unpaired) electrons. The van der Waals surface area contributed by atoms with E-state index in [-0.39, 0.29) is 23.1 Å². The molecule has 0 unspecified atom stereocenters. The lowest BCUT2D eigenvalue weighted by atomic mass is 9.84. The molecule has 0 spiro atoms. The molecule has 1 aromatic heterocycles. The van der Waals surface area contributed by atoms with Gasteiger partial charge in [0.05, 0.1) is 11.3 Å². The second-order valence-corrected chi connectivity index (χ2v) is 8.98. The number of ketones is 1. The van der Waals surface area contributed by atoms with Crippen LogP contribution < -0.4 is 4.87 Å². The van der Waals surface area contributed by atoms with Crippen LogP contribution >= 0.6 is 22.9 Å². The summed E-state index contributed by atoms with van der Waals surface area (Å²) in [5.41, 5.74) is 2.36. The highest BCUT2D eigenvalue weighted by molar-refractivity contribution is 7.07. The average Bonchev–Trinajstić information content (AvgIpc) is 3.33. The van der Waals surface area contributed by atoms with Crippen LogP contribution in [0.25, 0.3) is 11.1 Å². The van der Waals surface area contributed by atoms with Crippen molar-refractivity contribution < 1.29 is 19.8 Å². The maximum atomic E-state index is 13.1. The molecule has 1 aliphatic rings. The van der Waals surface area contributed by atoms with E-state index in [2.05, 4.69) is 0 Å². The van der Waals surface area contributed by atoms with E-state index in [0.717, 1.165) is 22.5 Å². The maximum absolute atomic E-state index is 13.1. The molecule has 0 bridgehead atoms. The summed E-state index contributed by atoms with van der Waals surface area (Å²) in [5.74, 6) is -3.42. The Balaban J connectivity index is 1.54. The molecule has 4 rings (SSSR count). The van der Waals surface area contributed by atoms with Gasteiger partial charge >= 0.3 is 10.8 Å². The molecule has 0 saturated heterocycles. The van der Waals surface area contributed by atoms with E-state index in [9.17, 15) is 24.6 Å². The highest BCUT2D eigenvalue weighted by Crippen LogP contribution is 2.40. The number of aliphatic carboxylic acids is 1.